The van der Waals surface area contributed by atoms with E-state index in [2.05, 4.69) is 4.98 Å². The van der Waals surface area contributed by atoms with E-state index in [0.29, 0.717) is 19.2 Å². The largest absolute Gasteiger partial charge is 0.408 e. The number of anilines is 1. The van der Waals surface area contributed by atoms with Crippen LogP contribution in [-0.2, 0) is 0 Å². The van der Waals surface area contributed by atoms with Gasteiger partial charge in [0.2, 0.25) is 5.43 Å². The lowest BCUT2D eigenvalue weighted by Gasteiger charge is -2.18. The quantitative estimate of drug-likeness (QED) is 0.519. The number of hydrogen-bond donors (Lipinski definition) is 2. The van der Waals surface area contributed by atoms with Crippen LogP contribution >= 0.6 is 0 Å². The van der Waals surface area contributed by atoms with E-state index in [-0.39, 0.29) is 5.82 Å². The Kier molecular flexibility index (Phi) is 6.53. The van der Waals surface area contributed by atoms with Crippen molar-refractivity contribution in [3.05, 3.63) is 63.9 Å². The summed E-state index contributed by atoms with van der Waals surface area (Å²) in [7, 11) is 0. The van der Waals surface area contributed by atoms with Crippen molar-refractivity contribution >= 4 is 22.8 Å². The Morgan fingerprint density at radius 3 is 2.35 bits per heavy atom. The Labute approximate surface area is 185 Å². The molecule has 3 rings (SSSR count). The highest BCUT2D eigenvalue weighted by atomic mass is 19.4. The predicted molar refractivity (Wildman–Crippen MR) is 105 cm³/mol. The number of aromatic nitrogens is 2. The van der Waals surface area contributed by atoms with Gasteiger partial charge in [0.25, 0.3) is 5.91 Å². The zero-order chi connectivity index (χ0) is 25.4. The Balaban J connectivity index is 2.21. The Morgan fingerprint density at radius 1 is 1.09 bits per heavy atom. The van der Waals surface area contributed by atoms with Crippen LogP contribution in [0.5, 0.6) is 0 Å². The van der Waals surface area contributed by atoms with Crippen LogP contribution in [0.4, 0.5) is 40.9 Å². The fourth-order valence-corrected chi connectivity index (χ4v) is 2.87. The molecule has 1 amide bonds. The summed E-state index contributed by atoms with van der Waals surface area (Å²) in [4.78, 5) is 29.1. The van der Waals surface area contributed by atoms with Gasteiger partial charge in [0.05, 0.1) is 11.1 Å². The zero-order valence-corrected chi connectivity index (χ0v) is 17.0. The van der Waals surface area contributed by atoms with Crippen molar-refractivity contribution in [1.82, 2.24) is 14.9 Å². The van der Waals surface area contributed by atoms with E-state index >= 15 is 0 Å². The second kappa shape index (κ2) is 8.91. The topological polar surface area (TPSA) is 76.0 Å². The molecule has 1 unspecified atom stereocenters. The van der Waals surface area contributed by atoms with E-state index in [9.17, 15) is 44.7 Å². The average molecular weight is 494 g/mol. The highest BCUT2D eigenvalue weighted by Gasteiger charge is 2.37. The highest BCUT2D eigenvalue weighted by molar-refractivity contribution is 5.97. The third-order valence-electron chi connectivity index (χ3n) is 4.57. The summed E-state index contributed by atoms with van der Waals surface area (Å²) in [5, 5.41) is 3.16. The van der Waals surface area contributed by atoms with E-state index in [1.807, 2.05) is 5.32 Å². The molecule has 2 aromatic heterocycles. The van der Waals surface area contributed by atoms with Gasteiger partial charge < -0.3 is 10.6 Å². The van der Waals surface area contributed by atoms with Crippen LogP contribution in [0.2, 0.25) is 0 Å². The number of fused-ring (bicyclic) bond motifs is 1. The van der Waals surface area contributed by atoms with Crippen molar-refractivity contribution < 1.29 is 39.9 Å². The van der Waals surface area contributed by atoms with Gasteiger partial charge >= 0.3 is 12.4 Å². The Hall–Kier alpha value is -3.71. The minimum absolute atomic E-state index is 0.372. The molecule has 1 aromatic carbocycles. The van der Waals surface area contributed by atoms with Crippen LogP contribution in [0.15, 0.2) is 41.3 Å². The van der Waals surface area contributed by atoms with Gasteiger partial charge in [-0.05, 0) is 31.2 Å². The molecule has 2 heterocycles. The summed E-state index contributed by atoms with van der Waals surface area (Å²) < 4.78 is 105. The molecule has 0 bridgehead atoms. The maximum atomic E-state index is 14.5. The molecular formula is C20H14F8N4O2. The lowest BCUT2D eigenvalue weighted by molar-refractivity contribution is -0.149. The van der Waals surface area contributed by atoms with Crippen molar-refractivity contribution in [3.63, 3.8) is 0 Å². The number of rotatable bonds is 5. The van der Waals surface area contributed by atoms with E-state index in [1.165, 1.54) is 0 Å². The number of hydrogen-bond acceptors (Lipinski definition) is 4. The summed E-state index contributed by atoms with van der Waals surface area (Å²) in [6, 6.07) is 1.78. The number of amides is 1. The van der Waals surface area contributed by atoms with Crippen molar-refractivity contribution in [3.8, 4) is 5.69 Å². The maximum Gasteiger partial charge on any atom is 0.408 e. The first-order valence-corrected chi connectivity index (χ1v) is 9.37. The van der Waals surface area contributed by atoms with Gasteiger partial charge in [0.1, 0.15) is 35.6 Å². The first-order chi connectivity index (χ1) is 15.7. The van der Waals surface area contributed by atoms with Crippen molar-refractivity contribution in [2.75, 3.05) is 11.9 Å². The van der Waals surface area contributed by atoms with Gasteiger partial charge in [-0.25, -0.2) is 13.8 Å². The van der Waals surface area contributed by atoms with Crippen molar-refractivity contribution in [2.24, 2.45) is 0 Å². The molecule has 182 valence electrons. The van der Waals surface area contributed by atoms with Crippen LogP contribution in [-0.4, -0.2) is 40.4 Å². The third-order valence-corrected chi connectivity index (χ3v) is 4.57. The Morgan fingerprint density at radius 2 is 1.76 bits per heavy atom. The van der Waals surface area contributed by atoms with Gasteiger partial charge in [-0.15, -0.1) is 0 Å². The van der Waals surface area contributed by atoms with Crippen LogP contribution in [0.3, 0.4) is 0 Å². The summed E-state index contributed by atoms with van der Waals surface area (Å²) >= 11 is 0. The normalized spacial score (nSPS) is 13.1. The van der Waals surface area contributed by atoms with Crippen molar-refractivity contribution in [1.29, 1.82) is 0 Å². The molecule has 0 radical (unpaired) electrons. The van der Waals surface area contributed by atoms with Gasteiger partial charge in [0, 0.05) is 12.3 Å². The second-order valence-electron chi connectivity index (χ2n) is 7.11. The maximum absolute atomic E-state index is 14.5. The third kappa shape index (κ3) is 5.43. The molecule has 0 saturated heterocycles. The number of nitrogens with one attached hydrogen (secondary N) is 2. The second-order valence-corrected chi connectivity index (χ2v) is 7.11. The first kappa shape index (κ1) is 24.9. The van der Waals surface area contributed by atoms with E-state index in [4.69, 9.17) is 0 Å². The van der Waals surface area contributed by atoms with Gasteiger partial charge in [0.15, 0.2) is 5.65 Å². The van der Waals surface area contributed by atoms with E-state index in [1.54, 1.807) is 5.32 Å². The number of halogens is 8. The smallest absolute Gasteiger partial charge is 0.361 e. The lowest BCUT2D eigenvalue weighted by atomic mass is 10.1. The van der Waals surface area contributed by atoms with Crippen molar-refractivity contribution in [2.45, 2.75) is 25.3 Å². The molecule has 0 aliphatic heterocycles. The number of alkyl halides is 6. The minimum atomic E-state index is -4.82. The van der Waals surface area contributed by atoms with Crippen LogP contribution in [0.25, 0.3) is 16.7 Å². The fourth-order valence-electron chi connectivity index (χ4n) is 2.87. The molecule has 3 aromatic rings. The van der Waals surface area contributed by atoms with Crippen LogP contribution in [0, 0.1) is 11.6 Å². The standard InChI is InChI=1S/C20H14F8N4O2/c1-9(20(26,27)28)30-18(34)12-7-32(14-4-2-10(21)6-13(14)22)17-11(16(12)33)3-5-15(31-17)29-8-19(23,24)25/h2-7,9H,8H2,1H3,(H,29,31)(H,30,34). The lowest BCUT2D eigenvalue weighted by Crippen LogP contribution is -2.44. The van der Waals surface area contributed by atoms with Gasteiger partial charge in [-0.1, -0.05) is 0 Å². The van der Waals surface area contributed by atoms with Crippen LogP contribution in [0.1, 0.15) is 17.3 Å². The molecule has 1 atom stereocenters. The average Bonchev–Trinajstić information content (AvgIpc) is 2.71. The minimum Gasteiger partial charge on any atom is -0.361 e. The number of carbonyl (C=O) groups is 1. The molecule has 0 fully saturated rings. The van der Waals surface area contributed by atoms with E-state index in [0.717, 1.165) is 28.8 Å². The van der Waals surface area contributed by atoms with Crippen LogP contribution < -0.4 is 16.1 Å². The molecule has 34 heavy (non-hydrogen) atoms. The highest BCUT2D eigenvalue weighted by Crippen LogP contribution is 2.23. The number of pyridine rings is 2. The molecule has 0 spiro atoms. The monoisotopic (exact) mass is 494 g/mol. The summed E-state index contributed by atoms with van der Waals surface area (Å²) in [5.74, 6) is -3.99. The Bertz CT molecular complexity index is 1300. The molecule has 0 saturated carbocycles. The predicted octanol–water partition coefficient (Wildman–Crippen LogP) is 4.32. The molecule has 0 aliphatic rings. The first-order valence-electron chi connectivity index (χ1n) is 9.37. The number of nitrogens with zero attached hydrogens (tertiary/aromatic N) is 2. The fraction of sp³-hybridized carbons (Fsp3) is 0.250. The molecule has 6 nitrogen and oxygen atoms in total. The summed E-state index contributed by atoms with van der Waals surface area (Å²) in [6.45, 7) is -0.853. The molecule has 0 aliphatic carbocycles. The molecule has 14 heteroatoms. The van der Waals surface area contributed by atoms with E-state index < -0.39 is 70.2 Å². The van der Waals surface area contributed by atoms with Gasteiger partial charge in [-0.3, -0.25) is 14.2 Å². The molecular weight excluding hydrogens is 480 g/mol. The number of benzene rings is 1. The zero-order valence-electron chi connectivity index (χ0n) is 17.0. The SMILES string of the molecule is CC(NC(=O)c1cn(-c2ccc(F)cc2F)c2nc(NCC(F)(F)F)ccc2c1=O)C(F)(F)F. The number of carbonyl (C=O) groups excluding carboxylic acids is 1. The summed E-state index contributed by atoms with van der Waals surface area (Å²) in [6.07, 6.45) is -8.76. The molecule has 2 N–H and O–H groups in total. The summed E-state index contributed by atoms with van der Waals surface area (Å²) in [5.41, 5.74) is -2.83. The van der Waals surface area contributed by atoms with Gasteiger partial charge in [-0.2, -0.15) is 26.3 Å².